The van der Waals surface area contributed by atoms with Gasteiger partial charge in [-0.2, -0.15) is 0 Å². The summed E-state index contributed by atoms with van der Waals surface area (Å²) in [6.45, 7) is 3.47. The average Bonchev–Trinajstić information content (AvgIpc) is 2.70. The Bertz CT molecular complexity index is 364. The topological polar surface area (TPSA) is 29.5 Å². The molecule has 1 aromatic rings. The number of carbonyl (C=O) groups is 1. The van der Waals surface area contributed by atoms with Crippen molar-refractivity contribution in [3.8, 4) is 0 Å². The van der Waals surface area contributed by atoms with E-state index >= 15 is 0 Å². The van der Waals surface area contributed by atoms with Crippen molar-refractivity contribution in [2.45, 2.75) is 39.0 Å². The largest absolute Gasteiger partial charge is 0.358 e. The summed E-state index contributed by atoms with van der Waals surface area (Å²) in [5.41, 5.74) is 1.16. The van der Waals surface area contributed by atoms with E-state index in [1.54, 1.807) is 0 Å². The average molecular weight is 233 g/mol. The van der Waals surface area contributed by atoms with Crippen molar-refractivity contribution in [1.82, 2.24) is 4.90 Å². The molecule has 0 N–H and O–H groups in total. The maximum absolute atomic E-state index is 11.8. The van der Waals surface area contributed by atoms with Crippen LogP contribution >= 0.6 is 0 Å². The number of ether oxygens (including phenoxy) is 1. The Kier molecular flexibility index (Phi) is 4.15. The van der Waals surface area contributed by atoms with Crippen LogP contribution < -0.4 is 0 Å². The lowest BCUT2D eigenvalue weighted by molar-refractivity contribution is -0.137. The van der Waals surface area contributed by atoms with Crippen molar-refractivity contribution >= 4 is 5.91 Å². The minimum absolute atomic E-state index is 0.0253. The summed E-state index contributed by atoms with van der Waals surface area (Å²) in [6.07, 6.45) is 2.40. The van der Waals surface area contributed by atoms with E-state index in [0.717, 1.165) is 25.0 Å². The zero-order valence-electron chi connectivity index (χ0n) is 10.3. The summed E-state index contributed by atoms with van der Waals surface area (Å²) in [6, 6.07) is 10.1. The molecule has 0 bridgehead atoms. The molecule has 0 radical (unpaired) electrons. The first kappa shape index (κ1) is 12.1. The van der Waals surface area contributed by atoms with Crippen LogP contribution in [0.25, 0.3) is 0 Å². The van der Waals surface area contributed by atoms with E-state index in [9.17, 15) is 4.79 Å². The number of hydrogen-bond donors (Lipinski definition) is 0. The fourth-order valence-corrected chi connectivity index (χ4v) is 2.10. The molecule has 92 valence electrons. The molecule has 1 aliphatic heterocycles. The Morgan fingerprint density at radius 1 is 1.35 bits per heavy atom. The van der Waals surface area contributed by atoms with Crippen LogP contribution in [0.1, 0.15) is 31.7 Å². The third-order valence-electron chi connectivity index (χ3n) is 2.98. The van der Waals surface area contributed by atoms with Crippen LogP contribution in [0.3, 0.4) is 0 Å². The van der Waals surface area contributed by atoms with Crippen molar-refractivity contribution < 1.29 is 9.53 Å². The molecule has 3 heteroatoms. The van der Waals surface area contributed by atoms with E-state index in [1.165, 1.54) is 0 Å². The van der Waals surface area contributed by atoms with Crippen LogP contribution in [0.2, 0.25) is 0 Å². The van der Waals surface area contributed by atoms with Crippen molar-refractivity contribution in [3.63, 3.8) is 0 Å². The van der Waals surface area contributed by atoms with E-state index in [2.05, 4.69) is 6.92 Å². The summed E-state index contributed by atoms with van der Waals surface area (Å²) in [5.74, 6) is 0.204. The lowest BCUT2D eigenvalue weighted by Crippen LogP contribution is -2.34. The second-order valence-corrected chi connectivity index (χ2v) is 4.37. The van der Waals surface area contributed by atoms with Crippen molar-refractivity contribution in [2.24, 2.45) is 0 Å². The van der Waals surface area contributed by atoms with Crippen molar-refractivity contribution in [2.75, 3.05) is 6.61 Å². The third kappa shape index (κ3) is 3.07. The molecular weight excluding hydrogens is 214 g/mol. The Hall–Kier alpha value is -1.35. The second kappa shape index (κ2) is 5.82. The van der Waals surface area contributed by atoms with Crippen LogP contribution in [0, 0.1) is 0 Å². The maximum atomic E-state index is 11.8. The van der Waals surface area contributed by atoms with Gasteiger partial charge in [0.2, 0.25) is 5.91 Å². The number of hydrogen-bond acceptors (Lipinski definition) is 2. The van der Waals surface area contributed by atoms with E-state index in [0.29, 0.717) is 13.0 Å². The first-order valence-corrected chi connectivity index (χ1v) is 6.26. The molecule has 1 saturated heterocycles. The van der Waals surface area contributed by atoms with Gasteiger partial charge in [-0.25, -0.2) is 0 Å². The summed E-state index contributed by atoms with van der Waals surface area (Å²) < 4.78 is 5.71. The molecule has 1 aliphatic rings. The Labute approximate surface area is 102 Å². The summed E-state index contributed by atoms with van der Waals surface area (Å²) in [5, 5.41) is 0. The fourth-order valence-electron chi connectivity index (χ4n) is 2.10. The summed E-state index contributed by atoms with van der Waals surface area (Å²) >= 11 is 0. The molecule has 1 heterocycles. The van der Waals surface area contributed by atoms with Gasteiger partial charge in [-0.05, 0) is 12.0 Å². The molecule has 0 spiro atoms. The maximum Gasteiger partial charge on any atom is 0.225 e. The van der Waals surface area contributed by atoms with Gasteiger partial charge in [-0.1, -0.05) is 37.3 Å². The Balaban J connectivity index is 1.99. The van der Waals surface area contributed by atoms with Gasteiger partial charge in [0.25, 0.3) is 0 Å². The highest BCUT2D eigenvalue weighted by atomic mass is 16.5. The van der Waals surface area contributed by atoms with Crippen molar-refractivity contribution in [3.05, 3.63) is 35.9 Å². The zero-order chi connectivity index (χ0) is 12.1. The van der Waals surface area contributed by atoms with E-state index in [1.807, 2.05) is 35.2 Å². The standard InChI is InChI=1S/C14H19NO2/c1-2-10-17-14-9-8-13(16)15(14)11-12-6-4-3-5-7-12/h3-7,14H,2,8-11H2,1H3. The molecule has 1 unspecified atom stereocenters. The molecule has 1 amide bonds. The minimum Gasteiger partial charge on any atom is -0.358 e. The van der Waals surface area contributed by atoms with E-state index in [-0.39, 0.29) is 12.1 Å². The number of likely N-dealkylation sites (tertiary alicyclic amines) is 1. The highest BCUT2D eigenvalue weighted by Gasteiger charge is 2.31. The van der Waals surface area contributed by atoms with Gasteiger partial charge in [-0.3, -0.25) is 4.79 Å². The van der Waals surface area contributed by atoms with Crippen LogP contribution in [0.15, 0.2) is 30.3 Å². The van der Waals surface area contributed by atoms with E-state index in [4.69, 9.17) is 4.74 Å². The monoisotopic (exact) mass is 233 g/mol. The summed E-state index contributed by atoms with van der Waals surface area (Å²) in [7, 11) is 0. The fraction of sp³-hybridized carbons (Fsp3) is 0.500. The molecule has 0 saturated carbocycles. The number of benzene rings is 1. The van der Waals surface area contributed by atoms with Crippen LogP contribution in [-0.4, -0.2) is 23.6 Å². The van der Waals surface area contributed by atoms with Gasteiger partial charge >= 0.3 is 0 Å². The molecule has 1 atom stereocenters. The predicted molar refractivity (Wildman–Crippen MR) is 66.3 cm³/mol. The molecule has 0 aliphatic carbocycles. The lowest BCUT2D eigenvalue weighted by atomic mass is 10.2. The molecule has 1 aromatic carbocycles. The Morgan fingerprint density at radius 2 is 2.12 bits per heavy atom. The van der Waals surface area contributed by atoms with E-state index < -0.39 is 0 Å². The number of carbonyl (C=O) groups excluding carboxylic acids is 1. The van der Waals surface area contributed by atoms with Gasteiger partial charge in [0.1, 0.15) is 6.23 Å². The minimum atomic E-state index is -0.0253. The lowest BCUT2D eigenvalue weighted by Gasteiger charge is -2.24. The zero-order valence-corrected chi connectivity index (χ0v) is 10.3. The molecule has 2 rings (SSSR count). The quantitative estimate of drug-likeness (QED) is 0.782. The second-order valence-electron chi connectivity index (χ2n) is 4.37. The van der Waals surface area contributed by atoms with Gasteiger partial charge in [0, 0.05) is 26.0 Å². The highest BCUT2D eigenvalue weighted by Crippen LogP contribution is 2.22. The first-order chi connectivity index (χ1) is 8.31. The molecule has 0 aromatic heterocycles. The molecule has 1 fully saturated rings. The molecule has 17 heavy (non-hydrogen) atoms. The number of rotatable bonds is 5. The van der Waals surface area contributed by atoms with Crippen LogP contribution in [0.5, 0.6) is 0 Å². The Morgan fingerprint density at radius 3 is 2.82 bits per heavy atom. The van der Waals surface area contributed by atoms with Crippen LogP contribution in [0.4, 0.5) is 0 Å². The summed E-state index contributed by atoms with van der Waals surface area (Å²) in [4.78, 5) is 13.7. The van der Waals surface area contributed by atoms with Gasteiger partial charge in [0.05, 0.1) is 0 Å². The highest BCUT2D eigenvalue weighted by molar-refractivity contribution is 5.78. The smallest absolute Gasteiger partial charge is 0.225 e. The van der Waals surface area contributed by atoms with Gasteiger partial charge in [-0.15, -0.1) is 0 Å². The SMILES string of the molecule is CCCOC1CCC(=O)N1Cc1ccccc1. The normalized spacial score (nSPS) is 19.9. The number of amides is 1. The third-order valence-corrected chi connectivity index (χ3v) is 2.98. The number of nitrogens with zero attached hydrogens (tertiary/aromatic N) is 1. The first-order valence-electron chi connectivity index (χ1n) is 6.26. The van der Waals surface area contributed by atoms with Crippen molar-refractivity contribution in [1.29, 1.82) is 0 Å². The van der Waals surface area contributed by atoms with Crippen LogP contribution in [-0.2, 0) is 16.1 Å². The van der Waals surface area contributed by atoms with Gasteiger partial charge < -0.3 is 9.64 Å². The predicted octanol–water partition coefficient (Wildman–Crippen LogP) is 2.56. The molecular formula is C14H19NO2. The van der Waals surface area contributed by atoms with Gasteiger partial charge in [0.15, 0.2) is 0 Å². The molecule has 3 nitrogen and oxygen atoms in total.